The van der Waals surface area contributed by atoms with Crippen LogP contribution in [0, 0.1) is 10.1 Å². The highest BCUT2D eigenvalue weighted by molar-refractivity contribution is 6.20. The quantitative estimate of drug-likeness (QED) is 0.430. The SMILES string of the molecule is CCC(Cl)CCCc1ccccc1[N+](=O)[O-]. The average molecular weight is 242 g/mol. The predicted octanol–water partition coefficient (Wildman–Crippen LogP) is 3.93. The van der Waals surface area contributed by atoms with E-state index in [2.05, 4.69) is 0 Å². The molecule has 3 nitrogen and oxygen atoms in total. The Balaban J connectivity index is 2.56. The molecule has 0 fully saturated rings. The van der Waals surface area contributed by atoms with Crippen LogP contribution in [0.5, 0.6) is 0 Å². The molecular formula is C12H16ClNO2. The van der Waals surface area contributed by atoms with Crippen LogP contribution in [0.2, 0.25) is 0 Å². The van der Waals surface area contributed by atoms with Gasteiger partial charge in [0.15, 0.2) is 0 Å². The number of aryl methyl sites for hydroxylation is 1. The lowest BCUT2D eigenvalue weighted by Gasteiger charge is -2.06. The third kappa shape index (κ3) is 3.81. The van der Waals surface area contributed by atoms with E-state index in [-0.39, 0.29) is 16.0 Å². The topological polar surface area (TPSA) is 43.1 Å². The second-order valence-electron chi connectivity index (χ2n) is 3.78. The van der Waals surface area contributed by atoms with E-state index >= 15 is 0 Å². The standard InChI is InChI=1S/C12H16ClNO2/c1-2-11(13)8-5-7-10-6-3-4-9-12(10)14(15)16/h3-4,6,9,11H,2,5,7-8H2,1H3. The van der Waals surface area contributed by atoms with Gasteiger partial charge in [0.25, 0.3) is 5.69 Å². The summed E-state index contributed by atoms with van der Waals surface area (Å²) in [6.45, 7) is 2.04. The Bertz CT molecular complexity index is 355. The van der Waals surface area contributed by atoms with Crippen molar-refractivity contribution >= 4 is 17.3 Å². The summed E-state index contributed by atoms with van der Waals surface area (Å²) in [7, 11) is 0. The molecule has 0 saturated heterocycles. The fraction of sp³-hybridized carbons (Fsp3) is 0.500. The first-order valence-corrected chi connectivity index (χ1v) is 5.95. The van der Waals surface area contributed by atoms with Crippen LogP contribution in [0.3, 0.4) is 0 Å². The number of halogens is 1. The van der Waals surface area contributed by atoms with Gasteiger partial charge in [-0.2, -0.15) is 0 Å². The van der Waals surface area contributed by atoms with Crippen LogP contribution in [0.4, 0.5) is 5.69 Å². The van der Waals surface area contributed by atoms with Gasteiger partial charge < -0.3 is 0 Å². The van der Waals surface area contributed by atoms with Gasteiger partial charge in [-0.1, -0.05) is 25.1 Å². The number of para-hydroxylation sites is 1. The van der Waals surface area contributed by atoms with Crippen molar-refractivity contribution < 1.29 is 4.92 Å². The van der Waals surface area contributed by atoms with E-state index in [1.54, 1.807) is 12.1 Å². The Morgan fingerprint density at radius 2 is 2.12 bits per heavy atom. The van der Waals surface area contributed by atoms with E-state index in [1.807, 2.05) is 19.1 Å². The monoisotopic (exact) mass is 241 g/mol. The summed E-state index contributed by atoms with van der Waals surface area (Å²) in [5, 5.41) is 10.9. The van der Waals surface area contributed by atoms with Crippen molar-refractivity contribution in [3.05, 3.63) is 39.9 Å². The third-order valence-corrected chi connectivity index (χ3v) is 3.12. The van der Waals surface area contributed by atoms with Crippen molar-refractivity contribution in [2.75, 3.05) is 0 Å². The average Bonchev–Trinajstić information content (AvgIpc) is 2.29. The van der Waals surface area contributed by atoms with Crippen LogP contribution in [0.15, 0.2) is 24.3 Å². The molecule has 0 bridgehead atoms. The van der Waals surface area contributed by atoms with Gasteiger partial charge in [-0.3, -0.25) is 10.1 Å². The van der Waals surface area contributed by atoms with Crippen molar-refractivity contribution in [3.63, 3.8) is 0 Å². The molecule has 0 aliphatic rings. The smallest absolute Gasteiger partial charge is 0.258 e. The molecule has 0 N–H and O–H groups in total. The molecule has 1 aromatic carbocycles. The van der Waals surface area contributed by atoms with Crippen LogP contribution in [-0.4, -0.2) is 10.3 Å². The first-order chi connectivity index (χ1) is 7.65. The maximum Gasteiger partial charge on any atom is 0.272 e. The summed E-state index contributed by atoms with van der Waals surface area (Å²) in [6.07, 6.45) is 3.47. The number of nitrogens with zero attached hydrogens (tertiary/aromatic N) is 1. The van der Waals surface area contributed by atoms with Gasteiger partial charge in [0.2, 0.25) is 0 Å². The maximum absolute atomic E-state index is 10.8. The van der Waals surface area contributed by atoms with Crippen LogP contribution in [-0.2, 0) is 6.42 Å². The van der Waals surface area contributed by atoms with Gasteiger partial charge >= 0.3 is 0 Å². The van der Waals surface area contributed by atoms with E-state index in [4.69, 9.17) is 11.6 Å². The summed E-state index contributed by atoms with van der Waals surface area (Å²) in [4.78, 5) is 10.4. The van der Waals surface area contributed by atoms with E-state index < -0.39 is 0 Å². The van der Waals surface area contributed by atoms with Gasteiger partial charge in [-0.25, -0.2) is 0 Å². The molecule has 1 aromatic rings. The summed E-state index contributed by atoms with van der Waals surface area (Å²) in [5.41, 5.74) is 1.01. The lowest BCUT2D eigenvalue weighted by atomic mass is 10.0. The number of nitro benzene ring substituents is 1. The fourth-order valence-corrected chi connectivity index (χ4v) is 1.77. The minimum atomic E-state index is -0.326. The second-order valence-corrected chi connectivity index (χ2v) is 4.40. The molecule has 0 saturated carbocycles. The molecule has 1 unspecified atom stereocenters. The Morgan fingerprint density at radius 3 is 2.75 bits per heavy atom. The summed E-state index contributed by atoms with van der Waals surface area (Å²) < 4.78 is 0. The van der Waals surface area contributed by atoms with Crippen LogP contribution < -0.4 is 0 Å². The predicted molar refractivity (Wildman–Crippen MR) is 66.0 cm³/mol. The van der Waals surface area contributed by atoms with E-state index in [0.717, 1.165) is 31.2 Å². The zero-order valence-corrected chi connectivity index (χ0v) is 10.1. The first-order valence-electron chi connectivity index (χ1n) is 5.51. The number of hydrogen-bond donors (Lipinski definition) is 0. The highest BCUT2D eigenvalue weighted by Gasteiger charge is 2.12. The molecule has 16 heavy (non-hydrogen) atoms. The minimum Gasteiger partial charge on any atom is -0.258 e. The lowest BCUT2D eigenvalue weighted by Crippen LogP contribution is -1.99. The van der Waals surface area contributed by atoms with Gasteiger partial charge in [0, 0.05) is 17.0 Å². The van der Waals surface area contributed by atoms with Crippen molar-refractivity contribution in [1.29, 1.82) is 0 Å². The Morgan fingerprint density at radius 1 is 1.44 bits per heavy atom. The minimum absolute atomic E-state index is 0.183. The van der Waals surface area contributed by atoms with Gasteiger partial charge in [0.1, 0.15) is 0 Å². The number of nitro groups is 1. The molecule has 4 heteroatoms. The van der Waals surface area contributed by atoms with Crippen molar-refractivity contribution in [2.45, 2.75) is 38.0 Å². The zero-order chi connectivity index (χ0) is 12.0. The van der Waals surface area contributed by atoms with Gasteiger partial charge in [-0.15, -0.1) is 11.6 Å². The molecule has 1 rings (SSSR count). The normalized spacial score (nSPS) is 12.4. The van der Waals surface area contributed by atoms with Crippen LogP contribution in [0.25, 0.3) is 0 Å². The molecule has 88 valence electrons. The molecule has 0 aliphatic heterocycles. The van der Waals surface area contributed by atoms with Crippen molar-refractivity contribution in [1.82, 2.24) is 0 Å². The Hall–Kier alpha value is -1.09. The third-order valence-electron chi connectivity index (χ3n) is 2.59. The maximum atomic E-state index is 10.8. The number of hydrogen-bond acceptors (Lipinski definition) is 2. The fourth-order valence-electron chi connectivity index (χ4n) is 1.62. The largest absolute Gasteiger partial charge is 0.272 e. The molecule has 0 aliphatic carbocycles. The highest BCUT2D eigenvalue weighted by atomic mass is 35.5. The summed E-state index contributed by atoms with van der Waals surface area (Å²) in [5.74, 6) is 0. The second kappa shape index (κ2) is 6.48. The van der Waals surface area contributed by atoms with Crippen LogP contribution in [0.1, 0.15) is 31.7 Å². The molecule has 0 amide bonds. The number of benzene rings is 1. The molecule has 0 radical (unpaired) electrons. The number of rotatable bonds is 6. The van der Waals surface area contributed by atoms with E-state index in [9.17, 15) is 10.1 Å². The van der Waals surface area contributed by atoms with Crippen molar-refractivity contribution in [2.24, 2.45) is 0 Å². The van der Waals surface area contributed by atoms with Gasteiger partial charge in [0.05, 0.1) is 4.92 Å². The zero-order valence-electron chi connectivity index (χ0n) is 9.36. The van der Waals surface area contributed by atoms with E-state index in [1.165, 1.54) is 0 Å². The number of alkyl halides is 1. The molecule has 0 heterocycles. The molecule has 0 aromatic heterocycles. The summed E-state index contributed by atoms with van der Waals surface area (Å²) >= 11 is 6.00. The Kier molecular flexibility index (Phi) is 5.26. The lowest BCUT2D eigenvalue weighted by molar-refractivity contribution is -0.385. The van der Waals surface area contributed by atoms with E-state index in [0.29, 0.717) is 0 Å². The molecular weight excluding hydrogens is 226 g/mol. The summed E-state index contributed by atoms with van der Waals surface area (Å²) in [6, 6.07) is 6.89. The van der Waals surface area contributed by atoms with Crippen LogP contribution >= 0.6 is 11.6 Å². The molecule has 0 spiro atoms. The van der Waals surface area contributed by atoms with Gasteiger partial charge in [-0.05, 0) is 25.7 Å². The first kappa shape index (κ1) is 13.0. The molecule has 1 atom stereocenters. The Labute approximate surface area is 101 Å². The highest BCUT2D eigenvalue weighted by Crippen LogP contribution is 2.21. The van der Waals surface area contributed by atoms with Crippen molar-refractivity contribution in [3.8, 4) is 0 Å².